The Morgan fingerprint density at radius 2 is 0.933 bits per heavy atom. The van der Waals surface area contributed by atoms with Gasteiger partial charge in [-0.1, -0.05) is 25.7 Å². The number of rotatable bonds is 9. The van der Waals surface area contributed by atoms with Gasteiger partial charge in [-0.05, 0) is 25.7 Å². The molecule has 0 aromatic heterocycles. The van der Waals surface area contributed by atoms with Gasteiger partial charge in [-0.25, -0.2) is 0 Å². The summed E-state index contributed by atoms with van der Waals surface area (Å²) in [5, 5.41) is 20.1. The van der Waals surface area contributed by atoms with E-state index < -0.39 is 11.9 Å². The van der Waals surface area contributed by atoms with Gasteiger partial charge in [-0.2, -0.15) is 0 Å². The predicted octanol–water partition coefficient (Wildman–Crippen LogP) is -0.774. The summed E-state index contributed by atoms with van der Waals surface area (Å²) in [6.07, 6.45) is 5.23. The zero-order valence-electron chi connectivity index (χ0n) is 8.79. The van der Waals surface area contributed by atoms with E-state index in [2.05, 4.69) is 0 Å². The van der Waals surface area contributed by atoms with Crippen LogP contribution in [-0.4, -0.2) is 35.8 Å². The van der Waals surface area contributed by atoms with E-state index in [1.54, 1.807) is 0 Å². The summed E-state index contributed by atoms with van der Waals surface area (Å²) in [5.41, 5.74) is 0. The molecule has 0 unspecified atom stereocenters. The van der Waals surface area contributed by atoms with Gasteiger partial charge in [0.1, 0.15) is 0 Å². The molecule has 0 atom stereocenters. The van der Waals surface area contributed by atoms with Gasteiger partial charge in [0.2, 0.25) is 0 Å². The van der Waals surface area contributed by atoms with E-state index in [9.17, 15) is 19.8 Å². The van der Waals surface area contributed by atoms with Gasteiger partial charge in [0.05, 0.1) is 0 Å². The molecule has 0 saturated carbocycles. The maximum absolute atomic E-state index is 10.0. The van der Waals surface area contributed by atoms with Crippen LogP contribution in [0.4, 0.5) is 0 Å². The van der Waals surface area contributed by atoms with Crippen LogP contribution in [-0.2, 0) is 9.59 Å². The number of hydrogen-bond acceptors (Lipinski definition) is 4. The third-order valence-electron chi connectivity index (χ3n) is 2.01. The molecule has 0 spiro atoms. The summed E-state index contributed by atoms with van der Waals surface area (Å²) in [4.78, 5) is 20.1. The molecule has 0 aliphatic heterocycles. The number of hydrogen-bond donors (Lipinski definition) is 0. The molecule has 0 aromatic rings. The second kappa shape index (κ2) is 11.8. The van der Waals surface area contributed by atoms with Crippen molar-refractivity contribution in [2.45, 2.75) is 51.4 Å². The van der Waals surface area contributed by atoms with Crippen LogP contribution >= 0.6 is 0 Å². The van der Waals surface area contributed by atoms with Crippen LogP contribution in [0.3, 0.4) is 0 Å². The topological polar surface area (TPSA) is 80.3 Å². The smallest absolute Gasteiger partial charge is 0.550 e. The van der Waals surface area contributed by atoms with Crippen molar-refractivity contribution in [3.8, 4) is 0 Å². The van der Waals surface area contributed by atoms with E-state index in [0.29, 0.717) is 12.8 Å². The average Bonchev–Trinajstić information content (AvgIpc) is 2.08. The zero-order valence-corrected chi connectivity index (χ0v) is 11.6. The molecule has 0 saturated heterocycles. The number of carboxylic acids is 2. The maximum atomic E-state index is 10.0. The Kier molecular flexibility index (Phi) is 13.5. The molecule has 0 fully saturated rings. The van der Waals surface area contributed by atoms with E-state index in [4.69, 9.17) is 0 Å². The van der Waals surface area contributed by atoms with E-state index in [-0.39, 0.29) is 36.7 Å². The van der Waals surface area contributed by atoms with Crippen molar-refractivity contribution in [2.75, 3.05) is 0 Å². The fraction of sp³-hybridized carbons (Fsp3) is 0.800. The standard InChI is InChI=1S/C10H18O4.Sn/c11-9(12)7-5-3-1-2-4-6-8-10(13)14;/h1-8H2,(H,11,12)(H,13,14);/q;+2/p-2. The average molecular weight is 319 g/mol. The van der Waals surface area contributed by atoms with Crippen LogP contribution in [0.15, 0.2) is 0 Å². The van der Waals surface area contributed by atoms with Gasteiger partial charge in [-0.3, -0.25) is 0 Å². The fourth-order valence-corrected chi connectivity index (χ4v) is 1.25. The molecule has 0 bridgehead atoms. The van der Waals surface area contributed by atoms with Gasteiger partial charge in [-0.15, -0.1) is 0 Å². The summed E-state index contributed by atoms with van der Waals surface area (Å²) in [7, 11) is 0. The second-order valence-electron chi connectivity index (χ2n) is 3.37. The Labute approximate surface area is 107 Å². The molecule has 0 aliphatic rings. The van der Waals surface area contributed by atoms with Gasteiger partial charge in [0, 0.05) is 11.9 Å². The Morgan fingerprint density at radius 1 is 0.667 bits per heavy atom. The maximum Gasteiger partial charge on any atom is 2.00 e. The summed E-state index contributed by atoms with van der Waals surface area (Å²) in [6, 6.07) is 0. The van der Waals surface area contributed by atoms with Gasteiger partial charge < -0.3 is 19.8 Å². The fourth-order valence-electron chi connectivity index (χ4n) is 1.25. The van der Waals surface area contributed by atoms with E-state index in [1.165, 1.54) is 0 Å². The molecular formula is C10H16O4Sn. The number of carbonyl (C=O) groups excluding carboxylic acids is 2. The molecule has 0 aliphatic carbocycles. The molecule has 2 radical (unpaired) electrons. The first-order chi connectivity index (χ1) is 6.63. The van der Waals surface area contributed by atoms with Crippen LogP contribution in [0.5, 0.6) is 0 Å². The minimum atomic E-state index is -0.998. The molecule has 0 aromatic carbocycles. The Bertz CT molecular complexity index is 162. The minimum absolute atomic E-state index is 0. The van der Waals surface area contributed by atoms with Gasteiger partial charge in [0.15, 0.2) is 0 Å². The molecule has 15 heavy (non-hydrogen) atoms. The van der Waals surface area contributed by atoms with Crippen molar-refractivity contribution in [1.29, 1.82) is 0 Å². The minimum Gasteiger partial charge on any atom is -0.550 e. The van der Waals surface area contributed by atoms with Crippen LogP contribution in [0, 0.1) is 0 Å². The molecular weight excluding hydrogens is 303 g/mol. The van der Waals surface area contributed by atoms with Crippen LogP contribution in [0.2, 0.25) is 0 Å². The first-order valence-corrected chi connectivity index (χ1v) is 5.02. The predicted molar refractivity (Wildman–Crippen MR) is 52.7 cm³/mol. The van der Waals surface area contributed by atoms with Crippen molar-refractivity contribution >= 4 is 35.8 Å². The summed E-state index contributed by atoms with van der Waals surface area (Å²) < 4.78 is 0. The SMILES string of the molecule is O=C([O-])CCCCCCCCC(=O)[O-].[Sn+2]. The molecule has 84 valence electrons. The van der Waals surface area contributed by atoms with Gasteiger partial charge in [0.25, 0.3) is 0 Å². The molecule has 0 heterocycles. The summed E-state index contributed by atoms with van der Waals surface area (Å²) in [5.74, 6) is -2.00. The van der Waals surface area contributed by atoms with Crippen molar-refractivity contribution in [3.05, 3.63) is 0 Å². The monoisotopic (exact) mass is 320 g/mol. The number of carbonyl (C=O) groups is 2. The van der Waals surface area contributed by atoms with Crippen LogP contribution in [0.25, 0.3) is 0 Å². The second-order valence-corrected chi connectivity index (χ2v) is 3.37. The largest absolute Gasteiger partial charge is 2.00 e. The zero-order chi connectivity index (χ0) is 10.8. The third kappa shape index (κ3) is 16.4. The first-order valence-electron chi connectivity index (χ1n) is 5.02. The van der Waals surface area contributed by atoms with Crippen molar-refractivity contribution < 1.29 is 19.8 Å². The molecule has 4 nitrogen and oxygen atoms in total. The first kappa shape index (κ1) is 17.1. The Balaban J connectivity index is 0. The van der Waals surface area contributed by atoms with E-state index in [0.717, 1.165) is 25.7 Å². The van der Waals surface area contributed by atoms with Crippen molar-refractivity contribution in [2.24, 2.45) is 0 Å². The molecule has 0 rings (SSSR count). The number of unbranched alkanes of at least 4 members (excludes halogenated alkanes) is 5. The number of carboxylic acid groups (broad SMARTS) is 2. The van der Waals surface area contributed by atoms with Crippen LogP contribution < -0.4 is 10.2 Å². The Morgan fingerprint density at radius 3 is 1.20 bits per heavy atom. The van der Waals surface area contributed by atoms with E-state index in [1.807, 2.05) is 0 Å². The van der Waals surface area contributed by atoms with Gasteiger partial charge >= 0.3 is 23.9 Å². The quantitative estimate of drug-likeness (QED) is 0.413. The summed E-state index contributed by atoms with van der Waals surface area (Å²) in [6.45, 7) is 0. The Hall–Kier alpha value is -0.261. The van der Waals surface area contributed by atoms with Crippen molar-refractivity contribution in [3.63, 3.8) is 0 Å². The number of aliphatic carboxylic acids is 2. The van der Waals surface area contributed by atoms with Crippen molar-refractivity contribution in [1.82, 2.24) is 0 Å². The molecule has 0 amide bonds. The van der Waals surface area contributed by atoms with E-state index >= 15 is 0 Å². The molecule has 0 N–H and O–H groups in total. The summed E-state index contributed by atoms with van der Waals surface area (Å²) >= 11 is 0. The molecule has 5 heteroatoms. The normalized spacial score (nSPS) is 9.33. The third-order valence-corrected chi connectivity index (χ3v) is 2.01. The van der Waals surface area contributed by atoms with Crippen LogP contribution in [0.1, 0.15) is 51.4 Å².